The molecule has 0 radical (unpaired) electrons. The number of aromatic nitrogens is 3. The second-order valence-corrected chi connectivity index (χ2v) is 10.7. The van der Waals surface area contributed by atoms with Crippen molar-refractivity contribution in [3.63, 3.8) is 0 Å². The second-order valence-electron chi connectivity index (χ2n) is 10.5. The maximum atomic E-state index is 13.9. The molecule has 0 spiro atoms. The molecule has 2 atom stereocenters. The molecule has 2 N–H and O–H groups in total. The van der Waals surface area contributed by atoms with E-state index >= 15 is 0 Å². The Morgan fingerprint density at radius 2 is 1.74 bits per heavy atom. The van der Waals surface area contributed by atoms with Crippen molar-refractivity contribution in [3.05, 3.63) is 82.8 Å². The zero-order chi connectivity index (χ0) is 32.8. The number of hydrogen-bond acceptors (Lipinski definition) is 10. The Morgan fingerprint density at radius 1 is 1.02 bits per heavy atom. The molecule has 1 aliphatic carbocycles. The highest BCUT2D eigenvalue weighted by Gasteiger charge is 2.30. The number of ether oxygens (including phenoxy) is 2. The minimum atomic E-state index is -0.949. The van der Waals surface area contributed by atoms with Gasteiger partial charge in [0.25, 0.3) is 11.8 Å². The number of nitrogens with one attached hydrogen (secondary N) is 2. The summed E-state index contributed by atoms with van der Waals surface area (Å²) in [6, 6.07) is 11.0. The van der Waals surface area contributed by atoms with Gasteiger partial charge < -0.3 is 25.0 Å². The van der Waals surface area contributed by atoms with Gasteiger partial charge in [0.05, 0.1) is 26.3 Å². The third-order valence-corrected chi connectivity index (χ3v) is 7.31. The lowest BCUT2D eigenvalue weighted by molar-refractivity contribution is -0.0799. The molecule has 47 heavy (non-hydrogen) atoms. The Hall–Kier alpha value is -4.64. The Bertz CT molecular complexity index is 1780. The highest BCUT2D eigenvalue weighted by atomic mass is 31.0. The van der Waals surface area contributed by atoms with E-state index in [0.717, 1.165) is 19.3 Å². The highest BCUT2D eigenvalue weighted by molar-refractivity contribution is 7.09. The van der Waals surface area contributed by atoms with Crippen LogP contribution in [0.3, 0.4) is 0 Å². The van der Waals surface area contributed by atoms with Crippen LogP contribution in [0.2, 0.25) is 0 Å². The summed E-state index contributed by atoms with van der Waals surface area (Å²) < 4.78 is 16.6. The summed E-state index contributed by atoms with van der Waals surface area (Å²) in [5.41, 5.74) is 2.67. The van der Waals surface area contributed by atoms with Gasteiger partial charge in [-0.3, -0.25) is 9.59 Å². The predicted octanol–water partition coefficient (Wildman–Crippen LogP) is 4.63. The number of anilines is 2. The summed E-state index contributed by atoms with van der Waals surface area (Å²) in [4.78, 5) is 62.8. The lowest BCUT2D eigenvalue weighted by atomic mass is 10.1. The van der Waals surface area contributed by atoms with E-state index in [1.54, 1.807) is 38.2 Å². The molecule has 3 amide bonds. The molecule has 0 saturated heterocycles. The van der Waals surface area contributed by atoms with Crippen molar-refractivity contribution < 1.29 is 38.2 Å². The van der Waals surface area contributed by atoms with Gasteiger partial charge in [-0.05, 0) is 80.6 Å². The van der Waals surface area contributed by atoms with Crippen LogP contribution in [0.5, 0.6) is 5.75 Å². The van der Waals surface area contributed by atoms with Gasteiger partial charge in [-0.25, -0.2) is 24.0 Å². The Morgan fingerprint density at radius 3 is 2.43 bits per heavy atom. The SMILES string of the molecule is CCCNC(=O)c1cn2ncnc(N(C(=O)OCOC(=O)c3ccc(OOP)cc3)c3cc(C(=O)NC4CC4)ccc3C)c2c1C.P. The van der Waals surface area contributed by atoms with Crippen LogP contribution in [0.4, 0.5) is 16.3 Å². The van der Waals surface area contributed by atoms with E-state index in [1.165, 1.54) is 40.0 Å². The quantitative estimate of drug-likeness (QED) is 0.0709. The Kier molecular flexibility index (Phi) is 11.8. The molecule has 4 aromatic rings. The first-order chi connectivity index (χ1) is 22.2. The predicted molar refractivity (Wildman–Crippen MR) is 180 cm³/mol. The average molecular weight is 683 g/mol. The topological polar surface area (TPSA) is 163 Å². The van der Waals surface area contributed by atoms with E-state index < -0.39 is 18.9 Å². The van der Waals surface area contributed by atoms with E-state index in [-0.39, 0.29) is 39.1 Å². The van der Waals surface area contributed by atoms with Crippen molar-refractivity contribution in [2.45, 2.75) is 46.1 Å². The van der Waals surface area contributed by atoms with Crippen LogP contribution >= 0.6 is 19.4 Å². The molecule has 2 aromatic carbocycles. The number of aryl methyl sites for hydroxylation is 2. The lowest BCUT2D eigenvalue weighted by Gasteiger charge is -2.24. The molecule has 16 heteroatoms. The molecular formula is C31H36N6O8P2. The number of nitrogens with zero attached hydrogens (tertiary/aromatic N) is 4. The standard InChI is InChI=1S/C31H33N6O8P.H3P/c1-4-13-32-29(39)24-15-36-26(19(24)3)27(33-16-34-36)37(25-14-21(6-5-18(25)2)28(38)35-22-9-10-22)31(41)43-17-42-30(40)20-7-11-23(12-8-20)44-45-46;/h5-8,11-12,14-16,22H,4,9-10,13,17,46H2,1-3H3,(H,32,39)(H,35,38);1H3. The van der Waals surface area contributed by atoms with Crippen LogP contribution in [0.1, 0.15) is 68.4 Å². The van der Waals surface area contributed by atoms with Gasteiger partial charge in [-0.15, -0.1) is 0 Å². The summed E-state index contributed by atoms with van der Waals surface area (Å²) >= 11 is 0. The molecule has 1 aliphatic rings. The molecule has 1 saturated carbocycles. The number of carbonyl (C=O) groups is 4. The molecule has 2 heterocycles. The maximum absolute atomic E-state index is 13.9. The molecule has 248 valence electrons. The van der Waals surface area contributed by atoms with Crippen LogP contribution in [0.25, 0.3) is 5.52 Å². The lowest BCUT2D eigenvalue weighted by Crippen LogP contribution is -2.31. The summed E-state index contributed by atoms with van der Waals surface area (Å²) in [6.45, 7) is 5.19. The number of hydrogen-bond donors (Lipinski definition) is 2. The normalized spacial score (nSPS) is 12.1. The van der Waals surface area contributed by atoms with Gasteiger partial charge in [0.1, 0.15) is 11.8 Å². The molecule has 2 unspecified atom stereocenters. The van der Waals surface area contributed by atoms with E-state index in [2.05, 4.69) is 25.4 Å². The smallest absolute Gasteiger partial charge is 0.423 e. The number of fused-ring (bicyclic) bond motifs is 1. The van der Waals surface area contributed by atoms with Gasteiger partial charge in [-0.1, -0.05) is 13.0 Å². The zero-order valence-corrected chi connectivity index (χ0v) is 28.7. The fraction of sp³-hybridized carbons (Fsp3) is 0.290. The molecule has 1 fully saturated rings. The fourth-order valence-electron chi connectivity index (χ4n) is 4.64. The molecule has 0 aliphatic heterocycles. The van der Waals surface area contributed by atoms with Crippen molar-refractivity contribution in [2.24, 2.45) is 0 Å². The first-order valence-electron chi connectivity index (χ1n) is 14.5. The monoisotopic (exact) mass is 682 g/mol. The number of amides is 3. The first kappa shape index (κ1) is 35.2. The van der Waals surface area contributed by atoms with Crippen molar-refractivity contribution in [3.8, 4) is 5.75 Å². The third kappa shape index (κ3) is 8.21. The van der Waals surface area contributed by atoms with Crippen molar-refractivity contribution in [1.82, 2.24) is 25.2 Å². The molecular weight excluding hydrogens is 646 g/mol. The van der Waals surface area contributed by atoms with Gasteiger partial charge in [-0.2, -0.15) is 19.7 Å². The van der Waals surface area contributed by atoms with E-state index in [9.17, 15) is 19.2 Å². The van der Waals surface area contributed by atoms with E-state index in [1.807, 2.05) is 16.4 Å². The second kappa shape index (κ2) is 15.8. The number of benzene rings is 2. The van der Waals surface area contributed by atoms with Gasteiger partial charge >= 0.3 is 12.1 Å². The van der Waals surface area contributed by atoms with Gasteiger partial charge in [0.15, 0.2) is 11.6 Å². The molecule has 5 rings (SSSR count). The number of rotatable bonds is 12. The van der Waals surface area contributed by atoms with E-state index in [4.69, 9.17) is 14.4 Å². The minimum Gasteiger partial charge on any atom is -0.424 e. The third-order valence-electron chi connectivity index (χ3n) is 7.21. The Labute approximate surface area is 276 Å². The van der Waals surface area contributed by atoms with Gasteiger partial charge in [0, 0.05) is 24.3 Å². The average Bonchev–Trinajstić information content (AvgIpc) is 3.80. The molecule has 0 bridgehead atoms. The first-order valence-corrected chi connectivity index (χ1v) is 15.0. The summed E-state index contributed by atoms with van der Waals surface area (Å²) in [6.07, 6.45) is 4.42. The van der Waals surface area contributed by atoms with Gasteiger partial charge in [0.2, 0.25) is 6.79 Å². The van der Waals surface area contributed by atoms with Crippen LogP contribution < -0.4 is 20.4 Å². The number of carbonyl (C=O) groups excluding carboxylic acids is 4. The fourth-order valence-corrected chi connectivity index (χ4v) is 4.75. The van der Waals surface area contributed by atoms with E-state index in [0.29, 0.717) is 45.8 Å². The van der Waals surface area contributed by atoms with Crippen LogP contribution in [-0.2, 0) is 14.1 Å². The van der Waals surface area contributed by atoms with Crippen molar-refractivity contribution in [1.29, 1.82) is 0 Å². The number of esters is 1. The summed E-state index contributed by atoms with van der Waals surface area (Å²) in [7, 11) is 1.94. The summed E-state index contributed by atoms with van der Waals surface area (Å²) in [5.74, 6) is -0.879. The van der Waals surface area contributed by atoms with Crippen LogP contribution in [0, 0.1) is 13.8 Å². The zero-order valence-electron chi connectivity index (χ0n) is 26.1. The minimum absolute atomic E-state index is 0. The van der Waals surface area contributed by atoms with Crippen molar-refractivity contribution in [2.75, 3.05) is 18.2 Å². The summed E-state index contributed by atoms with van der Waals surface area (Å²) in [5, 5.41) is 10.1. The largest absolute Gasteiger partial charge is 0.424 e. The van der Waals surface area contributed by atoms with Crippen LogP contribution in [0.15, 0.2) is 55.0 Å². The highest BCUT2D eigenvalue weighted by Crippen LogP contribution is 2.34. The van der Waals surface area contributed by atoms with Crippen LogP contribution in [-0.4, -0.2) is 57.9 Å². The molecule has 2 aromatic heterocycles. The molecule has 14 nitrogen and oxygen atoms in total. The van der Waals surface area contributed by atoms with Crippen molar-refractivity contribution >= 4 is 60.3 Å². The Balaban J connectivity index is 0.00000500. The maximum Gasteiger partial charge on any atom is 0.423 e.